The number of benzene rings is 1. The molecule has 1 heterocycles. The zero-order valence-corrected chi connectivity index (χ0v) is 21.3. The summed E-state index contributed by atoms with van der Waals surface area (Å²) in [6, 6.07) is 8.54. The number of hydrogen-bond donors (Lipinski definition) is 1. The number of hydrogen-bond acceptors (Lipinski definition) is 3. The van der Waals surface area contributed by atoms with Gasteiger partial charge in [-0.15, -0.1) is 0 Å². The molecule has 0 spiro atoms. The van der Waals surface area contributed by atoms with Crippen molar-refractivity contribution >= 4 is 11.9 Å². The summed E-state index contributed by atoms with van der Waals surface area (Å²) in [5.74, 6) is 2.06. The van der Waals surface area contributed by atoms with E-state index in [0.717, 1.165) is 43.5 Å². The van der Waals surface area contributed by atoms with Gasteiger partial charge in [0.2, 0.25) is 0 Å². The number of aliphatic hydroxyl groups is 1. The SMILES string of the molecule is CC(=O)[C@@]1(O)CC[C@H]2[C@@H]3C[C@H](C)C4=Cc5nn(-c6cccc(C)c6)cc5C[C@]4(C)[C@H]3CC[C@@]21C. The molecule has 1 aromatic heterocycles. The summed E-state index contributed by atoms with van der Waals surface area (Å²) < 4.78 is 2.06. The van der Waals surface area contributed by atoms with Gasteiger partial charge in [-0.3, -0.25) is 4.79 Å². The molecule has 0 aliphatic heterocycles. The molecule has 7 atom stereocenters. The molecule has 3 fully saturated rings. The van der Waals surface area contributed by atoms with Gasteiger partial charge in [0.15, 0.2) is 5.78 Å². The zero-order valence-electron chi connectivity index (χ0n) is 21.3. The monoisotopic (exact) mass is 458 g/mol. The van der Waals surface area contributed by atoms with Gasteiger partial charge in [-0.25, -0.2) is 4.68 Å². The summed E-state index contributed by atoms with van der Waals surface area (Å²) in [6.45, 7) is 10.8. The van der Waals surface area contributed by atoms with E-state index in [4.69, 9.17) is 5.10 Å². The Labute approximate surface area is 203 Å². The Hall–Kier alpha value is -2.20. The van der Waals surface area contributed by atoms with Crippen LogP contribution in [0.1, 0.15) is 76.6 Å². The Kier molecular flexibility index (Phi) is 4.69. The second kappa shape index (κ2) is 7.16. The topological polar surface area (TPSA) is 55.1 Å². The average molecular weight is 459 g/mol. The number of nitrogens with zero attached hydrogens (tertiary/aromatic N) is 2. The van der Waals surface area contributed by atoms with Crippen molar-refractivity contribution in [1.29, 1.82) is 0 Å². The minimum atomic E-state index is -1.14. The summed E-state index contributed by atoms with van der Waals surface area (Å²) in [5.41, 5.74) is 5.11. The lowest BCUT2D eigenvalue weighted by atomic mass is 9.44. The van der Waals surface area contributed by atoms with Crippen LogP contribution in [0.4, 0.5) is 0 Å². The number of ketones is 1. The third-order valence-corrected chi connectivity index (χ3v) is 10.7. The van der Waals surface area contributed by atoms with E-state index in [9.17, 15) is 9.90 Å². The largest absolute Gasteiger partial charge is 0.382 e. The Morgan fingerprint density at radius 3 is 2.68 bits per heavy atom. The smallest absolute Gasteiger partial charge is 0.161 e. The van der Waals surface area contributed by atoms with Crippen molar-refractivity contribution in [3.05, 3.63) is 52.9 Å². The van der Waals surface area contributed by atoms with Crippen LogP contribution in [0, 0.1) is 41.4 Å². The molecule has 3 saturated carbocycles. The van der Waals surface area contributed by atoms with Crippen molar-refractivity contribution in [1.82, 2.24) is 9.78 Å². The molecule has 4 nitrogen and oxygen atoms in total. The number of carbonyl (C=O) groups excluding carboxylic acids is 1. The first-order valence-electron chi connectivity index (χ1n) is 13.2. The molecule has 0 bridgehead atoms. The zero-order chi connectivity index (χ0) is 24.0. The van der Waals surface area contributed by atoms with Crippen molar-refractivity contribution in [2.45, 2.75) is 78.7 Å². The predicted molar refractivity (Wildman–Crippen MR) is 135 cm³/mol. The maximum Gasteiger partial charge on any atom is 0.161 e. The van der Waals surface area contributed by atoms with Crippen LogP contribution < -0.4 is 0 Å². The predicted octanol–water partition coefficient (Wildman–Crippen LogP) is 5.93. The molecule has 0 unspecified atom stereocenters. The average Bonchev–Trinajstić information content (AvgIpc) is 3.31. The molecule has 34 heavy (non-hydrogen) atoms. The fraction of sp³-hybridized carbons (Fsp3) is 0.600. The molecule has 180 valence electrons. The fourth-order valence-electron chi connectivity index (χ4n) is 8.98. The van der Waals surface area contributed by atoms with Crippen LogP contribution in [-0.4, -0.2) is 26.3 Å². The highest BCUT2D eigenvalue weighted by Gasteiger charge is 2.66. The minimum absolute atomic E-state index is 0.0301. The number of aryl methyl sites for hydroxylation is 1. The molecule has 0 radical (unpaired) electrons. The fourth-order valence-corrected chi connectivity index (χ4v) is 8.98. The van der Waals surface area contributed by atoms with E-state index < -0.39 is 5.60 Å². The molecule has 4 aliphatic rings. The summed E-state index contributed by atoms with van der Waals surface area (Å²) in [7, 11) is 0. The lowest BCUT2D eigenvalue weighted by Crippen LogP contribution is -2.58. The number of Topliss-reactive ketones (excluding diaryl/α,β-unsaturated/α-hetero) is 1. The van der Waals surface area contributed by atoms with E-state index in [2.05, 4.69) is 68.9 Å². The van der Waals surface area contributed by atoms with Crippen LogP contribution >= 0.6 is 0 Å². The van der Waals surface area contributed by atoms with E-state index in [1.54, 1.807) is 12.5 Å². The second-order valence-electron chi connectivity index (χ2n) is 12.4. The molecule has 0 amide bonds. The van der Waals surface area contributed by atoms with E-state index >= 15 is 0 Å². The van der Waals surface area contributed by atoms with E-state index in [-0.39, 0.29) is 16.6 Å². The third kappa shape index (κ3) is 2.81. The van der Waals surface area contributed by atoms with Crippen LogP contribution in [-0.2, 0) is 11.2 Å². The number of fused-ring (bicyclic) bond motifs is 6. The molecule has 4 aliphatic carbocycles. The first kappa shape index (κ1) is 22.3. The maximum atomic E-state index is 12.6. The Morgan fingerprint density at radius 2 is 1.94 bits per heavy atom. The maximum absolute atomic E-state index is 12.6. The van der Waals surface area contributed by atoms with Crippen molar-refractivity contribution in [3.8, 4) is 5.69 Å². The Balaban J connectivity index is 1.37. The van der Waals surface area contributed by atoms with Gasteiger partial charge in [0.25, 0.3) is 0 Å². The summed E-state index contributed by atoms with van der Waals surface area (Å²) in [4.78, 5) is 12.6. The van der Waals surface area contributed by atoms with Gasteiger partial charge in [0.05, 0.1) is 11.4 Å². The van der Waals surface area contributed by atoms with Crippen LogP contribution in [0.25, 0.3) is 11.8 Å². The lowest BCUT2D eigenvalue weighted by Gasteiger charge is -2.60. The van der Waals surface area contributed by atoms with Gasteiger partial charge < -0.3 is 5.11 Å². The molecule has 0 saturated heterocycles. The van der Waals surface area contributed by atoms with Crippen LogP contribution in [0.2, 0.25) is 0 Å². The lowest BCUT2D eigenvalue weighted by molar-refractivity contribution is -0.160. The van der Waals surface area contributed by atoms with Crippen molar-refractivity contribution < 1.29 is 9.90 Å². The number of allylic oxidation sites excluding steroid dienone is 1. The normalized spacial score (nSPS) is 40.6. The molecule has 1 aromatic carbocycles. The highest BCUT2D eigenvalue weighted by Crippen LogP contribution is 2.68. The Morgan fingerprint density at radius 1 is 1.18 bits per heavy atom. The van der Waals surface area contributed by atoms with Gasteiger partial charge >= 0.3 is 0 Å². The van der Waals surface area contributed by atoms with Crippen LogP contribution in [0.5, 0.6) is 0 Å². The van der Waals surface area contributed by atoms with Gasteiger partial charge in [0.1, 0.15) is 5.60 Å². The van der Waals surface area contributed by atoms with Gasteiger partial charge in [-0.05, 0) is 111 Å². The van der Waals surface area contributed by atoms with E-state index in [1.165, 1.54) is 11.1 Å². The van der Waals surface area contributed by atoms with Gasteiger partial charge in [-0.1, -0.05) is 38.5 Å². The molecule has 1 N–H and O–H groups in total. The Bertz CT molecular complexity index is 1210. The number of carbonyl (C=O) groups is 1. The summed E-state index contributed by atoms with van der Waals surface area (Å²) in [6.07, 6.45) is 10.5. The molecule has 6 rings (SSSR count). The first-order valence-corrected chi connectivity index (χ1v) is 13.2. The second-order valence-corrected chi connectivity index (χ2v) is 12.4. The van der Waals surface area contributed by atoms with Gasteiger partial charge in [-0.2, -0.15) is 5.10 Å². The standard InChI is InChI=1S/C30H38N2O2/c1-18-7-6-8-22(13-18)32-17-21-16-28(4)24-9-11-29(5)25(10-12-30(29,34)20(3)33)23(24)14-19(2)26(28)15-27(21)31-32/h6-8,13,15,17,19,23-25,34H,9-12,14,16H2,1-5H3/t19-,23+,24-,25-,28+,29-,30-/m0/s1. The third-order valence-electron chi connectivity index (χ3n) is 10.7. The highest BCUT2D eigenvalue weighted by molar-refractivity contribution is 5.86. The van der Waals surface area contributed by atoms with Crippen LogP contribution in [0.3, 0.4) is 0 Å². The van der Waals surface area contributed by atoms with Crippen molar-refractivity contribution in [3.63, 3.8) is 0 Å². The molecular weight excluding hydrogens is 420 g/mol. The van der Waals surface area contributed by atoms with Gasteiger partial charge in [0, 0.05) is 11.6 Å². The molecule has 2 aromatic rings. The quantitative estimate of drug-likeness (QED) is 0.607. The molecule has 4 heteroatoms. The first-order chi connectivity index (χ1) is 16.1. The van der Waals surface area contributed by atoms with Crippen molar-refractivity contribution in [2.24, 2.45) is 34.5 Å². The van der Waals surface area contributed by atoms with E-state index in [0.29, 0.717) is 30.1 Å². The molecular formula is C30H38N2O2. The number of rotatable bonds is 2. The highest BCUT2D eigenvalue weighted by atomic mass is 16.3. The summed E-state index contributed by atoms with van der Waals surface area (Å²) >= 11 is 0. The van der Waals surface area contributed by atoms with Crippen LogP contribution in [0.15, 0.2) is 36.0 Å². The summed E-state index contributed by atoms with van der Waals surface area (Å²) in [5, 5.41) is 16.5. The van der Waals surface area contributed by atoms with Crippen molar-refractivity contribution in [2.75, 3.05) is 0 Å². The number of aromatic nitrogens is 2. The van der Waals surface area contributed by atoms with E-state index in [1.807, 2.05) is 0 Å². The minimum Gasteiger partial charge on any atom is -0.382 e.